The third-order valence-electron chi connectivity index (χ3n) is 4.64. The number of benzene rings is 2. The van der Waals surface area contributed by atoms with Crippen molar-refractivity contribution in [2.45, 2.75) is 19.0 Å². The third-order valence-corrected chi connectivity index (χ3v) is 6.42. The molecular formula is C22H19Br2N3O5. The molecule has 0 bridgehead atoms. The number of H-pyrrole nitrogens is 1. The van der Waals surface area contributed by atoms with Gasteiger partial charge in [-0.1, -0.05) is 24.3 Å². The van der Waals surface area contributed by atoms with Crippen LogP contribution < -0.4 is 10.6 Å². The van der Waals surface area contributed by atoms with Gasteiger partial charge in [0, 0.05) is 13.0 Å². The molecule has 8 nitrogen and oxygen atoms in total. The summed E-state index contributed by atoms with van der Waals surface area (Å²) in [7, 11) is 0. The molecule has 0 fully saturated rings. The van der Waals surface area contributed by atoms with Gasteiger partial charge >= 0.3 is 5.97 Å². The van der Waals surface area contributed by atoms with E-state index < -0.39 is 23.8 Å². The number of nitrogens with one attached hydrogen (secondary N) is 3. The predicted octanol–water partition coefficient (Wildman–Crippen LogP) is 3.60. The molecule has 0 aliphatic heterocycles. The summed E-state index contributed by atoms with van der Waals surface area (Å²) in [5, 5.41) is 24.0. The summed E-state index contributed by atoms with van der Waals surface area (Å²) >= 11 is 6.59. The first-order chi connectivity index (χ1) is 15.2. The van der Waals surface area contributed by atoms with Gasteiger partial charge in [0.1, 0.15) is 17.5 Å². The zero-order valence-electron chi connectivity index (χ0n) is 16.6. The Morgan fingerprint density at radius 3 is 2.16 bits per heavy atom. The van der Waals surface area contributed by atoms with Gasteiger partial charge in [-0.3, -0.25) is 9.59 Å². The SMILES string of the molecule is O=C(O)c1ccc(CNC(=O)[C@H](Cc2ccc(O)cc2)NC(=O)c2cc(Br)c(Br)[nH]2)cc1. The number of aromatic amines is 1. The van der Waals surface area contributed by atoms with E-state index in [4.69, 9.17) is 5.11 Å². The fraction of sp³-hybridized carbons (Fsp3) is 0.136. The van der Waals surface area contributed by atoms with Crippen LogP contribution in [0.5, 0.6) is 5.75 Å². The largest absolute Gasteiger partial charge is 0.508 e. The minimum Gasteiger partial charge on any atom is -0.508 e. The highest BCUT2D eigenvalue weighted by Gasteiger charge is 2.23. The number of carbonyl (C=O) groups is 3. The van der Waals surface area contributed by atoms with Crippen LogP contribution in [0, 0.1) is 0 Å². The van der Waals surface area contributed by atoms with E-state index in [9.17, 15) is 19.5 Å². The van der Waals surface area contributed by atoms with Gasteiger partial charge in [0.15, 0.2) is 0 Å². The van der Waals surface area contributed by atoms with Crippen LogP contribution >= 0.6 is 31.9 Å². The number of carboxylic acid groups (broad SMARTS) is 1. The van der Waals surface area contributed by atoms with Crippen molar-refractivity contribution in [1.29, 1.82) is 0 Å². The van der Waals surface area contributed by atoms with Gasteiger partial charge < -0.3 is 25.8 Å². The fourth-order valence-electron chi connectivity index (χ4n) is 2.92. The zero-order valence-corrected chi connectivity index (χ0v) is 19.7. The van der Waals surface area contributed by atoms with Crippen LogP contribution in [0.15, 0.2) is 63.7 Å². The van der Waals surface area contributed by atoms with E-state index >= 15 is 0 Å². The Labute approximate surface area is 200 Å². The number of carbonyl (C=O) groups excluding carboxylic acids is 2. The molecule has 2 aromatic carbocycles. The lowest BCUT2D eigenvalue weighted by molar-refractivity contribution is -0.123. The molecule has 0 radical (unpaired) electrons. The second-order valence-electron chi connectivity index (χ2n) is 6.96. The summed E-state index contributed by atoms with van der Waals surface area (Å²) in [6.07, 6.45) is 0.207. The number of aromatic hydroxyl groups is 1. The van der Waals surface area contributed by atoms with Crippen LogP contribution in [0.25, 0.3) is 0 Å². The van der Waals surface area contributed by atoms with E-state index in [0.29, 0.717) is 9.08 Å². The average molecular weight is 565 g/mol. The second-order valence-corrected chi connectivity index (χ2v) is 8.61. The van der Waals surface area contributed by atoms with Crippen LogP contribution in [0.3, 0.4) is 0 Å². The highest BCUT2D eigenvalue weighted by molar-refractivity contribution is 9.13. The Bertz CT molecular complexity index is 1110. The molecule has 3 aromatic rings. The lowest BCUT2D eigenvalue weighted by atomic mass is 10.0. The van der Waals surface area contributed by atoms with E-state index in [1.807, 2.05) is 0 Å². The van der Waals surface area contributed by atoms with Gasteiger partial charge in [0.05, 0.1) is 14.6 Å². The quantitative estimate of drug-likeness (QED) is 0.285. The molecule has 0 unspecified atom stereocenters. The first-order valence-corrected chi connectivity index (χ1v) is 11.0. The zero-order chi connectivity index (χ0) is 23.3. The first kappa shape index (κ1) is 23.6. The molecular weight excluding hydrogens is 546 g/mol. The Morgan fingerprint density at radius 1 is 0.969 bits per heavy atom. The number of aromatic nitrogens is 1. The number of hydrogen-bond donors (Lipinski definition) is 5. The minimum absolute atomic E-state index is 0.102. The van der Waals surface area contributed by atoms with Crippen molar-refractivity contribution in [1.82, 2.24) is 15.6 Å². The van der Waals surface area contributed by atoms with Gasteiger partial charge in [-0.25, -0.2) is 4.79 Å². The Balaban J connectivity index is 1.72. The van der Waals surface area contributed by atoms with Gasteiger partial charge in [0.25, 0.3) is 5.91 Å². The summed E-state index contributed by atoms with van der Waals surface area (Å²) in [5.74, 6) is -1.79. The topological polar surface area (TPSA) is 132 Å². The van der Waals surface area contributed by atoms with Crippen molar-refractivity contribution in [3.63, 3.8) is 0 Å². The third kappa shape index (κ3) is 6.21. The number of carboxylic acids is 1. The molecule has 1 aromatic heterocycles. The number of phenolic OH excluding ortho intramolecular Hbond substituents is 1. The van der Waals surface area contributed by atoms with E-state index in [1.54, 1.807) is 30.3 Å². The Hall–Kier alpha value is -3.11. The van der Waals surface area contributed by atoms with Crippen molar-refractivity contribution < 1.29 is 24.6 Å². The molecule has 10 heteroatoms. The van der Waals surface area contributed by atoms with Crippen molar-refractivity contribution in [3.05, 3.63) is 86.1 Å². The second kappa shape index (κ2) is 10.5. The van der Waals surface area contributed by atoms with Gasteiger partial charge in [-0.05, 0) is 73.3 Å². The Morgan fingerprint density at radius 2 is 1.59 bits per heavy atom. The summed E-state index contributed by atoms with van der Waals surface area (Å²) < 4.78 is 1.28. The number of rotatable bonds is 8. The molecule has 3 rings (SSSR count). The van der Waals surface area contributed by atoms with Crippen molar-refractivity contribution in [3.8, 4) is 5.75 Å². The van der Waals surface area contributed by atoms with Crippen LogP contribution in [-0.4, -0.2) is 39.0 Å². The lowest BCUT2D eigenvalue weighted by Gasteiger charge is -2.18. The maximum atomic E-state index is 12.9. The molecule has 1 atom stereocenters. The van der Waals surface area contributed by atoms with Crippen molar-refractivity contribution in [2.24, 2.45) is 0 Å². The molecule has 0 aliphatic carbocycles. The summed E-state index contributed by atoms with van der Waals surface area (Å²) in [5.41, 5.74) is 1.90. The average Bonchev–Trinajstić information content (AvgIpc) is 3.11. The number of halogens is 2. The first-order valence-electron chi connectivity index (χ1n) is 9.45. The van der Waals surface area contributed by atoms with Crippen LogP contribution in [0.1, 0.15) is 32.0 Å². The highest BCUT2D eigenvalue weighted by atomic mass is 79.9. The minimum atomic E-state index is -1.03. The molecule has 0 saturated carbocycles. The smallest absolute Gasteiger partial charge is 0.335 e. The number of amides is 2. The van der Waals surface area contributed by atoms with Crippen molar-refractivity contribution >= 4 is 49.6 Å². The van der Waals surface area contributed by atoms with E-state index in [1.165, 1.54) is 24.3 Å². The van der Waals surface area contributed by atoms with Crippen LogP contribution in [-0.2, 0) is 17.8 Å². The van der Waals surface area contributed by atoms with Gasteiger partial charge in [-0.2, -0.15) is 0 Å². The molecule has 0 spiro atoms. The lowest BCUT2D eigenvalue weighted by Crippen LogP contribution is -2.48. The van der Waals surface area contributed by atoms with Gasteiger partial charge in [-0.15, -0.1) is 0 Å². The Kier molecular flexibility index (Phi) is 7.70. The van der Waals surface area contributed by atoms with Gasteiger partial charge in [0.2, 0.25) is 5.91 Å². The van der Waals surface area contributed by atoms with E-state index in [-0.39, 0.29) is 30.0 Å². The predicted molar refractivity (Wildman–Crippen MR) is 125 cm³/mol. The maximum Gasteiger partial charge on any atom is 0.335 e. The molecule has 166 valence electrons. The molecule has 1 heterocycles. The molecule has 32 heavy (non-hydrogen) atoms. The van der Waals surface area contributed by atoms with E-state index in [2.05, 4.69) is 47.5 Å². The fourth-order valence-corrected chi connectivity index (χ4v) is 3.57. The monoisotopic (exact) mass is 563 g/mol. The normalized spacial score (nSPS) is 11.6. The van der Waals surface area contributed by atoms with E-state index in [0.717, 1.165) is 11.1 Å². The number of phenols is 1. The number of hydrogen-bond acceptors (Lipinski definition) is 4. The van der Waals surface area contributed by atoms with Crippen molar-refractivity contribution in [2.75, 3.05) is 0 Å². The molecule has 2 amide bonds. The summed E-state index contributed by atoms with van der Waals surface area (Å²) in [4.78, 5) is 39.4. The number of aromatic carboxylic acids is 1. The highest BCUT2D eigenvalue weighted by Crippen LogP contribution is 2.23. The molecule has 0 saturated heterocycles. The molecule has 5 N–H and O–H groups in total. The molecule has 0 aliphatic rings. The standard InChI is InChI=1S/C22H19Br2N3O5/c23-16-10-18(26-19(16)24)21(30)27-17(9-12-3-7-15(28)8-4-12)20(29)25-11-13-1-5-14(6-2-13)22(31)32/h1-8,10,17,26,28H,9,11H2,(H,25,29)(H,27,30)(H,31,32)/t17-/m0/s1. The summed E-state index contributed by atoms with van der Waals surface area (Å²) in [6, 6.07) is 13.2. The van der Waals surface area contributed by atoms with Crippen LogP contribution in [0.2, 0.25) is 0 Å². The summed E-state index contributed by atoms with van der Waals surface area (Å²) in [6.45, 7) is 0.167. The van der Waals surface area contributed by atoms with Crippen LogP contribution in [0.4, 0.5) is 0 Å². The maximum absolute atomic E-state index is 12.9.